The van der Waals surface area contributed by atoms with Gasteiger partial charge >= 0.3 is 0 Å². The molecule has 7 heteroatoms. The van der Waals surface area contributed by atoms with Crippen molar-refractivity contribution in [2.75, 3.05) is 20.8 Å². The molecule has 166 valence electrons. The van der Waals surface area contributed by atoms with Crippen LogP contribution in [0.2, 0.25) is 0 Å². The monoisotopic (exact) mass is 433 g/mol. The normalized spacial score (nSPS) is 15.4. The summed E-state index contributed by atoms with van der Waals surface area (Å²) in [4.78, 5) is 33.1. The van der Waals surface area contributed by atoms with Crippen molar-refractivity contribution < 1.29 is 14.3 Å². The third-order valence-corrected chi connectivity index (χ3v) is 5.94. The van der Waals surface area contributed by atoms with E-state index in [-0.39, 0.29) is 17.4 Å². The number of hydrogen-bond donors (Lipinski definition) is 2. The Hall–Kier alpha value is -3.61. The first-order valence-corrected chi connectivity index (χ1v) is 10.8. The molecular formula is C25H27N3O4. The number of amides is 1. The fourth-order valence-corrected chi connectivity index (χ4v) is 4.10. The molecule has 1 amide bonds. The molecule has 2 N–H and O–H groups in total. The van der Waals surface area contributed by atoms with Crippen molar-refractivity contribution in [3.8, 4) is 22.9 Å². The molecule has 0 saturated carbocycles. The fraction of sp³-hybridized carbons (Fsp3) is 0.320. The summed E-state index contributed by atoms with van der Waals surface area (Å²) in [6.45, 7) is 0.533. The van der Waals surface area contributed by atoms with Gasteiger partial charge in [-0.1, -0.05) is 30.3 Å². The van der Waals surface area contributed by atoms with Crippen LogP contribution in [0.25, 0.3) is 11.4 Å². The van der Waals surface area contributed by atoms with E-state index in [2.05, 4.69) is 10.3 Å². The van der Waals surface area contributed by atoms with E-state index < -0.39 is 0 Å². The average Bonchev–Trinajstić information content (AvgIpc) is 3.05. The van der Waals surface area contributed by atoms with E-state index in [1.165, 1.54) is 7.11 Å². The summed E-state index contributed by atoms with van der Waals surface area (Å²) in [5.74, 6) is 1.78. The molecule has 1 atom stereocenters. The van der Waals surface area contributed by atoms with Gasteiger partial charge in [-0.05, 0) is 43.7 Å². The topological polar surface area (TPSA) is 93.3 Å². The lowest BCUT2D eigenvalue weighted by Crippen LogP contribution is -2.29. The summed E-state index contributed by atoms with van der Waals surface area (Å²) in [6, 6.07) is 14.8. The van der Waals surface area contributed by atoms with Crippen LogP contribution in [0.4, 0.5) is 0 Å². The number of methoxy groups -OCH3 is 2. The number of rotatable bonds is 6. The lowest BCUT2D eigenvalue weighted by atomic mass is 9.99. The minimum atomic E-state index is -0.186. The summed E-state index contributed by atoms with van der Waals surface area (Å²) in [6.07, 6.45) is 3.05. The van der Waals surface area contributed by atoms with Crippen molar-refractivity contribution in [3.63, 3.8) is 0 Å². The van der Waals surface area contributed by atoms with Gasteiger partial charge in [-0.3, -0.25) is 9.59 Å². The van der Waals surface area contributed by atoms with Crippen molar-refractivity contribution in [1.29, 1.82) is 0 Å². The minimum Gasteiger partial charge on any atom is -0.497 e. The zero-order chi connectivity index (χ0) is 22.5. The number of aryl methyl sites for hydroxylation is 1. The number of H-pyrrole nitrogens is 1. The highest BCUT2D eigenvalue weighted by atomic mass is 16.5. The van der Waals surface area contributed by atoms with Crippen LogP contribution >= 0.6 is 0 Å². The van der Waals surface area contributed by atoms with Crippen LogP contribution in [0, 0.1) is 5.92 Å². The van der Waals surface area contributed by atoms with E-state index in [9.17, 15) is 9.59 Å². The van der Waals surface area contributed by atoms with E-state index in [0.29, 0.717) is 42.3 Å². The number of carbonyl (C=O) groups excluding carboxylic acids is 1. The number of aromatic nitrogens is 2. The molecule has 1 aliphatic rings. The number of ether oxygens (including phenoxy) is 2. The maximum Gasteiger partial charge on any atom is 0.255 e. The Balaban J connectivity index is 1.43. The second-order valence-corrected chi connectivity index (χ2v) is 7.93. The molecular weight excluding hydrogens is 406 g/mol. The number of fused-ring (bicyclic) bond motifs is 1. The molecule has 2 aromatic carbocycles. The summed E-state index contributed by atoms with van der Waals surface area (Å²) in [5.41, 5.74) is 2.92. The molecule has 0 saturated heterocycles. The van der Waals surface area contributed by atoms with Crippen LogP contribution in [0.3, 0.4) is 0 Å². The lowest BCUT2D eigenvalue weighted by Gasteiger charge is -2.16. The van der Waals surface area contributed by atoms with Crippen LogP contribution in [0.5, 0.6) is 11.5 Å². The van der Waals surface area contributed by atoms with E-state index in [0.717, 1.165) is 29.7 Å². The Labute approximate surface area is 186 Å². The van der Waals surface area contributed by atoms with Gasteiger partial charge in [0.15, 0.2) is 0 Å². The van der Waals surface area contributed by atoms with Crippen molar-refractivity contribution >= 4 is 5.91 Å². The van der Waals surface area contributed by atoms with Crippen molar-refractivity contribution in [1.82, 2.24) is 15.3 Å². The highest BCUT2D eigenvalue weighted by Crippen LogP contribution is 2.26. The average molecular weight is 434 g/mol. The number of hydrogen-bond acceptors (Lipinski definition) is 5. The zero-order valence-electron chi connectivity index (χ0n) is 18.3. The predicted molar refractivity (Wildman–Crippen MR) is 122 cm³/mol. The van der Waals surface area contributed by atoms with E-state index in [1.807, 2.05) is 30.3 Å². The van der Waals surface area contributed by atoms with Gasteiger partial charge in [-0.2, -0.15) is 0 Å². The summed E-state index contributed by atoms with van der Waals surface area (Å²) in [5, 5.41) is 3.02. The van der Waals surface area contributed by atoms with Crippen LogP contribution < -0.4 is 20.3 Å². The molecule has 3 aromatic rings. The molecule has 0 bridgehead atoms. The van der Waals surface area contributed by atoms with Gasteiger partial charge in [-0.15, -0.1) is 0 Å². The van der Waals surface area contributed by atoms with E-state index in [4.69, 9.17) is 14.5 Å². The minimum absolute atomic E-state index is 0.0680. The van der Waals surface area contributed by atoms with Gasteiger partial charge in [0.25, 0.3) is 11.5 Å². The third-order valence-electron chi connectivity index (χ3n) is 5.94. The maximum absolute atomic E-state index is 12.7. The smallest absolute Gasteiger partial charge is 0.255 e. The summed E-state index contributed by atoms with van der Waals surface area (Å²) in [7, 11) is 3.10. The first-order valence-electron chi connectivity index (χ1n) is 10.8. The Bertz CT molecular complexity index is 1160. The van der Waals surface area contributed by atoms with Gasteiger partial charge in [0, 0.05) is 23.7 Å². The third kappa shape index (κ3) is 4.66. The molecule has 4 rings (SSSR count). The molecule has 1 unspecified atom stereocenters. The Kier molecular flexibility index (Phi) is 6.54. The SMILES string of the molecule is COc1ccc(C(=O)NCC2CCc3nc(-c4ccccc4)[nH]c(=O)c3CC2)c(OC)c1. The number of aromatic amines is 1. The number of nitrogens with zero attached hydrogens (tertiary/aromatic N) is 1. The molecule has 0 radical (unpaired) electrons. The lowest BCUT2D eigenvalue weighted by molar-refractivity contribution is 0.0942. The molecule has 32 heavy (non-hydrogen) atoms. The Morgan fingerprint density at radius 1 is 1.09 bits per heavy atom. The highest BCUT2D eigenvalue weighted by Gasteiger charge is 2.22. The van der Waals surface area contributed by atoms with Crippen molar-refractivity contribution in [2.45, 2.75) is 25.7 Å². The molecule has 1 aromatic heterocycles. The zero-order valence-corrected chi connectivity index (χ0v) is 18.3. The molecule has 1 heterocycles. The van der Waals surface area contributed by atoms with Crippen LogP contribution in [-0.2, 0) is 12.8 Å². The van der Waals surface area contributed by atoms with E-state index >= 15 is 0 Å². The van der Waals surface area contributed by atoms with Gasteiger partial charge in [0.1, 0.15) is 17.3 Å². The first-order chi connectivity index (χ1) is 15.6. The largest absolute Gasteiger partial charge is 0.497 e. The second kappa shape index (κ2) is 9.68. The molecule has 0 aliphatic heterocycles. The standard InChI is InChI=1S/C25H27N3O4/c1-31-18-10-12-20(22(14-18)32-2)24(29)26-15-16-8-11-19-21(13-9-16)27-23(28-25(19)30)17-6-4-3-5-7-17/h3-7,10,12,14,16H,8-9,11,13,15H2,1-2H3,(H,26,29)(H,27,28,30). The van der Waals surface area contributed by atoms with E-state index in [1.54, 1.807) is 25.3 Å². The summed E-state index contributed by atoms with van der Waals surface area (Å²) < 4.78 is 10.5. The van der Waals surface area contributed by atoms with Gasteiger partial charge in [-0.25, -0.2) is 4.98 Å². The van der Waals surface area contributed by atoms with Crippen molar-refractivity contribution in [3.05, 3.63) is 75.7 Å². The molecule has 1 aliphatic carbocycles. The number of nitrogens with one attached hydrogen (secondary N) is 2. The number of carbonyl (C=O) groups is 1. The Morgan fingerprint density at radius 2 is 1.88 bits per heavy atom. The molecule has 0 spiro atoms. The quantitative estimate of drug-likeness (QED) is 0.582. The maximum atomic E-state index is 12.7. The molecule has 0 fully saturated rings. The first kappa shape index (κ1) is 21.6. The predicted octanol–water partition coefficient (Wildman–Crippen LogP) is 3.38. The highest BCUT2D eigenvalue weighted by molar-refractivity contribution is 5.97. The van der Waals surface area contributed by atoms with Crippen molar-refractivity contribution in [2.24, 2.45) is 5.92 Å². The second-order valence-electron chi connectivity index (χ2n) is 7.93. The fourth-order valence-electron chi connectivity index (χ4n) is 4.10. The number of benzene rings is 2. The van der Waals surface area contributed by atoms with Crippen LogP contribution in [-0.4, -0.2) is 36.6 Å². The van der Waals surface area contributed by atoms with Crippen LogP contribution in [0.15, 0.2) is 53.3 Å². The van der Waals surface area contributed by atoms with Crippen LogP contribution in [0.1, 0.15) is 34.5 Å². The summed E-state index contributed by atoms with van der Waals surface area (Å²) >= 11 is 0. The van der Waals surface area contributed by atoms with Gasteiger partial charge in [0.2, 0.25) is 0 Å². The van der Waals surface area contributed by atoms with Gasteiger partial charge < -0.3 is 19.8 Å². The van der Waals surface area contributed by atoms with Gasteiger partial charge in [0.05, 0.1) is 25.5 Å². The Morgan fingerprint density at radius 3 is 2.62 bits per heavy atom. The molecule has 7 nitrogen and oxygen atoms in total.